The number of carbonyl (C=O) groups is 1. The van der Waals surface area contributed by atoms with Crippen LogP contribution in [0.15, 0.2) is 24.3 Å². The molecule has 17 heavy (non-hydrogen) atoms. The summed E-state index contributed by atoms with van der Waals surface area (Å²) in [5.41, 5.74) is 0.981. The van der Waals surface area contributed by atoms with Crippen molar-refractivity contribution in [2.24, 2.45) is 0 Å². The van der Waals surface area contributed by atoms with Crippen molar-refractivity contribution < 1.29 is 9.53 Å². The van der Waals surface area contributed by atoms with Gasteiger partial charge in [-0.05, 0) is 17.7 Å². The molecule has 1 amide bonds. The molecule has 0 N–H and O–H groups in total. The summed E-state index contributed by atoms with van der Waals surface area (Å²) in [5.74, 6) is 1.12. The van der Waals surface area contributed by atoms with Gasteiger partial charge in [0.25, 0.3) is 0 Å². The number of nitrogens with zero attached hydrogens (tertiary/aromatic N) is 1. The highest BCUT2D eigenvalue weighted by Gasteiger charge is 2.46. The lowest BCUT2D eigenvalue weighted by atomic mass is 9.93. The number of ether oxygens (including phenoxy) is 1. The minimum absolute atomic E-state index is 0.0554. The van der Waals surface area contributed by atoms with Gasteiger partial charge in [0.05, 0.1) is 13.2 Å². The lowest BCUT2D eigenvalue weighted by Gasteiger charge is -2.44. The van der Waals surface area contributed by atoms with Gasteiger partial charge < -0.3 is 9.64 Å². The first kappa shape index (κ1) is 12.5. The Bertz CT molecular complexity index is 425. The minimum Gasteiger partial charge on any atom is -0.497 e. The van der Waals surface area contributed by atoms with Crippen LogP contribution in [0, 0.1) is 0 Å². The maximum atomic E-state index is 11.6. The van der Waals surface area contributed by atoms with Crippen LogP contribution in [0.5, 0.6) is 5.75 Å². The third-order valence-electron chi connectivity index (χ3n) is 2.89. The highest BCUT2D eigenvalue weighted by atomic mass is 35.5. The van der Waals surface area contributed by atoms with Crippen LogP contribution in [-0.4, -0.2) is 35.7 Å². The van der Waals surface area contributed by atoms with E-state index in [1.807, 2.05) is 24.3 Å². The predicted molar refractivity (Wildman–Crippen MR) is 67.8 cm³/mol. The van der Waals surface area contributed by atoms with Gasteiger partial charge >= 0.3 is 0 Å². The molecule has 0 bridgehead atoms. The fourth-order valence-electron chi connectivity index (χ4n) is 2.02. The molecule has 3 nitrogen and oxygen atoms in total. The first-order chi connectivity index (χ1) is 8.19. The number of amides is 1. The number of β-lactam (4-membered cyclic amide) rings is 1. The Kier molecular flexibility index (Phi) is 3.79. The summed E-state index contributed by atoms with van der Waals surface area (Å²) in [4.78, 5) is 13.3. The fourth-order valence-corrected chi connectivity index (χ4v) is 2.61. The maximum Gasteiger partial charge on any atom is 0.243 e. The van der Waals surface area contributed by atoms with Gasteiger partial charge in [0.15, 0.2) is 0 Å². The van der Waals surface area contributed by atoms with Gasteiger partial charge in [0, 0.05) is 12.4 Å². The summed E-state index contributed by atoms with van der Waals surface area (Å²) in [6.45, 7) is 0.519. The van der Waals surface area contributed by atoms with E-state index in [1.54, 1.807) is 12.0 Å². The highest BCUT2D eigenvalue weighted by Crippen LogP contribution is 2.39. The SMILES string of the molecule is COc1cccc([C@@H]2[C@@H](Cl)C(=O)N2CCCl)c1. The monoisotopic (exact) mass is 273 g/mol. The van der Waals surface area contributed by atoms with Crippen molar-refractivity contribution in [3.63, 3.8) is 0 Å². The lowest BCUT2D eigenvalue weighted by molar-refractivity contribution is -0.144. The van der Waals surface area contributed by atoms with E-state index in [0.29, 0.717) is 12.4 Å². The second-order valence-corrected chi connectivity index (χ2v) is 4.69. The first-order valence-corrected chi connectivity index (χ1v) is 6.30. The van der Waals surface area contributed by atoms with E-state index in [9.17, 15) is 4.79 Å². The number of hydrogen-bond acceptors (Lipinski definition) is 2. The van der Waals surface area contributed by atoms with Crippen molar-refractivity contribution >= 4 is 29.1 Å². The van der Waals surface area contributed by atoms with Crippen LogP contribution in [0.2, 0.25) is 0 Å². The molecule has 0 unspecified atom stereocenters. The molecule has 2 rings (SSSR count). The van der Waals surface area contributed by atoms with Gasteiger partial charge in [-0.15, -0.1) is 23.2 Å². The zero-order chi connectivity index (χ0) is 12.4. The van der Waals surface area contributed by atoms with E-state index in [-0.39, 0.29) is 11.9 Å². The standard InChI is InChI=1S/C12H13Cl2NO2/c1-17-9-4-2-3-8(7-9)11-10(14)12(16)15(11)6-5-13/h2-4,7,10-11H,5-6H2,1H3/t10-,11-/m1/s1. The molecule has 1 aliphatic heterocycles. The van der Waals surface area contributed by atoms with Gasteiger partial charge in [0.2, 0.25) is 5.91 Å². The maximum absolute atomic E-state index is 11.6. The van der Waals surface area contributed by atoms with Crippen LogP contribution in [0.3, 0.4) is 0 Å². The zero-order valence-corrected chi connectivity index (χ0v) is 10.9. The third-order valence-corrected chi connectivity index (χ3v) is 3.49. The number of likely N-dealkylation sites (tertiary alicyclic amines) is 1. The molecule has 5 heteroatoms. The summed E-state index contributed by atoms with van der Waals surface area (Å²) in [6, 6.07) is 7.49. The molecule has 2 atom stereocenters. The van der Waals surface area contributed by atoms with Crippen molar-refractivity contribution in [1.29, 1.82) is 0 Å². The van der Waals surface area contributed by atoms with Crippen molar-refractivity contribution in [1.82, 2.24) is 4.90 Å². The van der Waals surface area contributed by atoms with E-state index in [4.69, 9.17) is 27.9 Å². The number of methoxy groups -OCH3 is 1. The second kappa shape index (κ2) is 5.15. The number of rotatable bonds is 4. The molecule has 1 aliphatic rings. The smallest absolute Gasteiger partial charge is 0.243 e. The molecule has 1 fully saturated rings. The van der Waals surface area contributed by atoms with Gasteiger partial charge in [-0.3, -0.25) is 4.79 Å². The normalized spacial score (nSPS) is 23.5. The van der Waals surface area contributed by atoms with E-state index in [2.05, 4.69) is 0 Å². The fraction of sp³-hybridized carbons (Fsp3) is 0.417. The number of carbonyl (C=O) groups excluding carboxylic acids is 1. The van der Waals surface area contributed by atoms with Crippen molar-refractivity contribution in [3.05, 3.63) is 29.8 Å². The lowest BCUT2D eigenvalue weighted by Crippen LogP contribution is -2.56. The minimum atomic E-state index is -0.495. The highest BCUT2D eigenvalue weighted by molar-refractivity contribution is 6.33. The molecule has 1 heterocycles. The second-order valence-electron chi connectivity index (χ2n) is 3.84. The van der Waals surface area contributed by atoms with Gasteiger partial charge in [-0.2, -0.15) is 0 Å². The van der Waals surface area contributed by atoms with Gasteiger partial charge in [0.1, 0.15) is 11.1 Å². The van der Waals surface area contributed by atoms with Crippen molar-refractivity contribution in [2.45, 2.75) is 11.4 Å². The first-order valence-electron chi connectivity index (χ1n) is 5.33. The van der Waals surface area contributed by atoms with Crippen LogP contribution < -0.4 is 4.74 Å². The van der Waals surface area contributed by atoms with E-state index in [0.717, 1.165) is 11.3 Å². The quantitative estimate of drug-likeness (QED) is 0.623. The molecule has 0 saturated carbocycles. The molecular formula is C12H13Cl2NO2. The van der Waals surface area contributed by atoms with Gasteiger partial charge in [-0.25, -0.2) is 0 Å². The van der Waals surface area contributed by atoms with Crippen LogP contribution in [0.4, 0.5) is 0 Å². The Hall–Kier alpha value is -0.930. The Balaban J connectivity index is 2.22. The zero-order valence-electron chi connectivity index (χ0n) is 9.40. The Labute approximate surface area is 110 Å². The van der Waals surface area contributed by atoms with Crippen molar-refractivity contribution in [3.8, 4) is 5.75 Å². The van der Waals surface area contributed by atoms with E-state index in [1.165, 1.54) is 0 Å². The van der Waals surface area contributed by atoms with Crippen LogP contribution in [0.25, 0.3) is 0 Å². The molecule has 1 aromatic carbocycles. The molecule has 0 radical (unpaired) electrons. The summed E-state index contributed by atoms with van der Waals surface area (Å²) in [5, 5.41) is -0.495. The molecule has 0 aromatic heterocycles. The average molecular weight is 274 g/mol. The number of benzene rings is 1. The molecular weight excluding hydrogens is 261 g/mol. The number of halogens is 2. The summed E-state index contributed by atoms with van der Waals surface area (Å²) < 4.78 is 5.16. The third kappa shape index (κ3) is 2.22. The van der Waals surface area contributed by atoms with Gasteiger partial charge in [-0.1, -0.05) is 12.1 Å². The largest absolute Gasteiger partial charge is 0.497 e. The molecule has 1 saturated heterocycles. The average Bonchev–Trinajstić information content (AvgIpc) is 2.38. The molecule has 0 aliphatic carbocycles. The Morgan fingerprint density at radius 1 is 1.47 bits per heavy atom. The Morgan fingerprint density at radius 3 is 2.88 bits per heavy atom. The predicted octanol–water partition coefficient (Wildman–Crippen LogP) is 2.42. The summed E-state index contributed by atoms with van der Waals surface area (Å²) in [6.07, 6.45) is 0. The van der Waals surface area contributed by atoms with E-state index >= 15 is 0 Å². The topological polar surface area (TPSA) is 29.5 Å². The van der Waals surface area contributed by atoms with E-state index < -0.39 is 5.38 Å². The summed E-state index contributed by atoms with van der Waals surface area (Å²) >= 11 is 11.7. The number of alkyl halides is 2. The van der Waals surface area contributed by atoms with Crippen molar-refractivity contribution in [2.75, 3.05) is 19.5 Å². The molecule has 0 spiro atoms. The molecule has 92 valence electrons. The summed E-state index contributed by atoms with van der Waals surface area (Å²) in [7, 11) is 1.61. The number of hydrogen-bond donors (Lipinski definition) is 0. The van der Waals surface area contributed by atoms with Crippen LogP contribution in [0.1, 0.15) is 11.6 Å². The Morgan fingerprint density at radius 2 is 2.24 bits per heavy atom. The van der Waals surface area contributed by atoms with Crippen LogP contribution in [-0.2, 0) is 4.79 Å². The molecule has 1 aromatic rings. The van der Waals surface area contributed by atoms with Crippen LogP contribution >= 0.6 is 23.2 Å².